The van der Waals surface area contributed by atoms with Crippen molar-refractivity contribution in [2.45, 2.75) is 5.75 Å². The van der Waals surface area contributed by atoms with Crippen LogP contribution in [-0.4, -0.2) is 11.3 Å². The van der Waals surface area contributed by atoms with Crippen molar-refractivity contribution in [2.24, 2.45) is 0 Å². The van der Waals surface area contributed by atoms with Crippen LogP contribution in [0.5, 0.6) is 5.75 Å². The van der Waals surface area contributed by atoms with Crippen molar-refractivity contribution < 1.29 is 8.95 Å². The number of hydrogen-bond donors (Lipinski definition) is 0. The summed E-state index contributed by atoms with van der Waals surface area (Å²) in [6, 6.07) is 17.2. The first-order chi connectivity index (χ1) is 9.20. The number of ether oxygens (including phenoxy) is 1. The van der Waals surface area contributed by atoms with E-state index in [2.05, 4.69) is 6.58 Å². The van der Waals surface area contributed by atoms with Crippen molar-refractivity contribution in [3.05, 3.63) is 72.3 Å². The van der Waals surface area contributed by atoms with Crippen LogP contribution in [0, 0.1) is 0 Å². The van der Waals surface area contributed by atoms with Crippen molar-refractivity contribution >= 4 is 15.7 Å². The Kier molecular flexibility index (Phi) is 4.53. The highest BCUT2D eigenvalue weighted by atomic mass is 32.2. The molecule has 3 heteroatoms. The van der Waals surface area contributed by atoms with E-state index in [1.807, 2.05) is 54.6 Å². The molecule has 98 valence electrons. The zero-order chi connectivity index (χ0) is 13.7. The fourth-order valence-corrected chi connectivity index (χ4v) is 2.78. The summed E-state index contributed by atoms with van der Waals surface area (Å²) in [5.74, 6) is 1.27. The predicted molar refractivity (Wildman–Crippen MR) is 80.3 cm³/mol. The Labute approximate surface area is 116 Å². The molecule has 0 aliphatic carbocycles. The Morgan fingerprint density at radius 3 is 2.32 bits per heavy atom. The van der Waals surface area contributed by atoms with E-state index < -0.39 is 10.8 Å². The van der Waals surface area contributed by atoms with Gasteiger partial charge in [0.05, 0.1) is 23.7 Å². The lowest BCUT2D eigenvalue weighted by Crippen LogP contribution is -1.98. The van der Waals surface area contributed by atoms with Gasteiger partial charge in [-0.25, -0.2) is 0 Å². The van der Waals surface area contributed by atoms with Crippen molar-refractivity contribution in [2.75, 3.05) is 7.11 Å². The van der Waals surface area contributed by atoms with Crippen molar-refractivity contribution in [3.63, 3.8) is 0 Å². The SMILES string of the molecule is C=C(c1ccccc1)S(=O)Cc1ccc(OC)cc1. The van der Waals surface area contributed by atoms with Crippen LogP contribution in [0.1, 0.15) is 11.1 Å². The Hall–Kier alpha value is -1.87. The average Bonchev–Trinajstić information content (AvgIpc) is 2.48. The summed E-state index contributed by atoms with van der Waals surface area (Å²) < 4.78 is 17.3. The molecule has 0 saturated carbocycles. The summed E-state index contributed by atoms with van der Waals surface area (Å²) in [6.07, 6.45) is 0. The highest BCUT2D eigenvalue weighted by Crippen LogP contribution is 2.20. The fourth-order valence-electron chi connectivity index (χ4n) is 1.72. The number of methoxy groups -OCH3 is 1. The van der Waals surface area contributed by atoms with Crippen molar-refractivity contribution in [3.8, 4) is 5.75 Å². The maximum Gasteiger partial charge on any atom is 0.118 e. The summed E-state index contributed by atoms with van der Waals surface area (Å²) in [4.78, 5) is 0.663. The minimum atomic E-state index is -1.11. The summed E-state index contributed by atoms with van der Waals surface area (Å²) in [5, 5.41) is 0. The van der Waals surface area contributed by atoms with Crippen LogP contribution in [0.15, 0.2) is 61.2 Å². The van der Waals surface area contributed by atoms with E-state index in [1.165, 1.54) is 0 Å². The van der Waals surface area contributed by atoms with Gasteiger partial charge in [-0.1, -0.05) is 49.0 Å². The lowest BCUT2D eigenvalue weighted by molar-refractivity contribution is 0.414. The fraction of sp³-hybridized carbons (Fsp3) is 0.125. The third-order valence-electron chi connectivity index (χ3n) is 2.83. The van der Waals surface area contributed by atoms with Crippen molar-refractivity contribution in [1.29, 1.82) is 0 Å². The number of benzene rings is 2. The van der Waals surface area contributed by atoms with E-state index in [0.29, 0.717) is 10.7 Å². The molecule has 1 unspecified atom stereocenters. The molecule has 0 radical (unpaired) electrons. The number of hydrogen-bond acceptors (Lipinski definition) is 2. The van der Waals surface area contributed by atoms with Gasteiger partial charge < -0.3 is 4.74 Å². The molecule has 0 aromatic heterocycles. The molecule has 0 bridgehead atoms. The van der Waals surface area contributed by atoms with Crippen LogP contribution in [-0.2, 0) is 16.6 Å². The summed E-state index contributed by atoms with van der Waals surface area (Å²) in [7, 11) is 0.519. The lowest BCUT2D eigenvalue weighted by Gasteiger charge is -2.07. The minimum Gasteiger partial charge on any atom is -0.497 e. The molecule has 0 heterocycles. The Balaban J connectivity index is 2.06. The van der Waals surface area contributed by atoms with Crippen LogP contribution in [0.3, 0.4) is 0 Å². The van der Waals surface area contributed by atoms with Crippen LogP contribution < -0.4 is 4.74 Å². The second-order valence-corrected chi connectivity index (χ2v) is 5.60. The zero-order valence-corrected chi connectivity index (χ0v) is 11.7. The van der Waals surface area contributed by atoms with Gasteiger partial charge in [-0.2, -0.15) is 0 Å². The van der Waals surface area contributed by atoms with Gasteiger partial charge in [0, 0.05) is 4.91 Å². The third-order valence-corrected chi connectivity index (χ3v) is 4.21. The van der Waals surface area contributed by atoms with Gasteiger partial charge in [-0.3, -0.25) is 4.21 Å². The van der Waals surface area contributed by atoms with Crippen LogP contribution in [0.25, 0.3) is 4.91 Å². The monoisotopic (exact) mass is 272 g/mol. The molecule has 0 spiro atoms. The quantitative estimate of drug-likeness (QED) is 0.831. The van der Waals surface area contributed by atoms with Gasteiger partial charge in [0.1, 0.15) is 5.75 Å². The first-order valence-electron chi connectivity index (χ1n) is 5.96. The second-order valence-electron chi connectivity index (χ2n) is 4.13. The van der Waals surface area contributed by atoms with E-state index in [1.54, 1.807) is 7.11 Å². The van der Waals surface area contributed by atoms with Gasteiger partial charge >= 0.3 is 0 Å². The normalized spacial score (nSPS) is 11.8. The van der Waals surface area contributed by atoms with E-state index >= 15 is 0 Å². The zero-order valence-electron chi connectivity index (χ0n) is 10.8. The largest absolute Gasteiger partial charge is 0.497 e. The van der Waals surface area contributed by atoms with E-state index in [4.69, 9.17) is 4.74 Å². The molecule has 0 N–H and O–H groups in total. The standard InChI is InChI=1S/C16H16O2S/c1-13(15-6-4-3-5-7-15)19(17)12-14-8-10-16(18-2)11-9-14/h3-11H,1,12H2,2H3. The first-order valence-corrected chi connectivity index (χ1v) is 7.28. The second kappa shape index (κ2) is 6.34. The first kappa shape index (κ1) is 13.6. The summed E-state index contributed by atoms with van der Waals surface area (Å²) in [6.45, 7) is 3.93. The summed E-state index contributed by atoms with van der Waals surface area (Å²) in [5.41, 5.74) is 1.94. The molecule has 0 aliphatic rings. The average molecular weight is 272 g/mol. The van der Waals surface area contributed by atoms with Gasteiger partial charge in [-0.15, -0.1) is 0 Å². The molecule has 0 fully saturated rings. The highest BCUT2D eigenvalue weighted by Gasteiger charge is 2.08. The van der Waals surface area contributed by atoms with Crippen LogP contribution in [0.2, 0.25) is 0 Å². The molecule has 2 nitrogen and oxygen atoms in total. The molecule has 0 amide bonds. The van der Waals surface area contributed by atoms with E-state index in [-0.39, 0.29) is 0 Å². The van der Waals surface area contributed by atoms with Crippen LogP contribution in [0.4, 0.5) is 0 Å². The maximum atomic E-state index is 12.2. The van der Waals surface area contributed by atoms with E-state index in [0.717, 1.165) is 16.9 Å². The molecule has 2 aromatic carbocycles. The number of rotatable bonds is 5. The summed E-state index contributed by atoms with van der Waals surface area (Å²) >= 11 is 0. The molecular formula is C16H16O2S. The lowest BCUT2D eigenvalue weighted by atomic mass is 10.2. The van der Waals surface area contributed by atoms with Gasteiger partial charge in [0.2, 0.25) is 0 Å². The van der Waals surface area contributed by atoms with Gasteiger partial charge in [0.25, 0.3) is 0 Å². The highest BCUT2D eigenvalue weighted by molar-refractivity contribution is 7.93. The third kappa shape index (κ3) is 3.55. The molecule has 1 atom stereocenters. The Morgan fingerprint density at radius 2 is 1.74 bits per heavy atom. The topological polar surface area (TPSA) is 26.3 Å². The smallest absolute Gasteiger partial charge is 0.118 e. The Bertz CT molecular complexity index is 573. The Morgan fingerprint density at radius 1 is 1.11 bits per heavy atom. The van der Waals surface area contributed by atoms with Gasteiger partial charge in [0.15, 0.2) is 0 Å². The van der Waals surface area contributed by atoms with Gasteiger partial charge in [-0.05, 0) is 23.3 Å². The van der Waals surface area contributed by atoms with Crippen LogP contribution >= 0.6 is 0 Å². The maximum absolute atomic E-state index is 12.2. The minimum absolute atomic E-state index is 0.470. The molecule has 19 heavy (non-hydrogen) atoms. The van der Waals surface area contributed by atoms with E-state index in [9.17, 15) is 4.21 Å². The van der Waals surface area contributed by atoms with Crippen molar-refractivity contribution in [1.82, 2.24) is 0 Å². The molecule has 0 saturated heterocycles. The molecule has 0 aliphatic heterocycles. The predicted octanol–water partition coefficient (Wildman–Crippen LogP) is 3.61. The molecule has 2 aromatic rings. The molecular weight excluding hydrogens is 256 g/mol. The molecule has 2 rings (SSSR count).